The highest BCUT2D eigenvalue weighted by Crippen LogP contribution is 2.31. The second kappa shape index (κ2) is 7.50. The van der Waals surface area contributed by atoms with E-state index >= 15 is 0 Å². The summed E-state index contributed by atoms with van der Waals surface area (Å²) < 4.78 is 4.75. The lowest BCUT2D eigenvalue weighted by molar-refractivity contribution is -0.384. The van der Waals surface area contributed by atoms with Crippen LogP contribution in [-0.4, -0.2) is 36.5 Å². The SMILES string of the molecule is CCOC(=O)C(=O)N(C1=CCNCC1)c1ccccc1[N+](=O)[O-]. The van der Waals surface area contributed by atoms with Crippen molar-refractivity contribution in [3.05, 3.63) is 46.2 Å². The smallest absolute Gasteiger partial charge is 0.397 e. The molecule has 0 unspecified atom stereocenters. The first-order valence-electron chi connectivity index (χ1n) is 7.20. The Balaban J connectivity index is 2.50. The van der Waals surface area contributed by atoms with Crippen molar-refractivity contribution in [2.45, 2.75) is 13.3 Å². The number of esters is 1. The normalized spacial score (nSPS) is 13.9. The maximum atomic E-state index is 12.5. The predicted molar refractivity (Wildman–Crippen MR) is 82.8 cm³/mol. The minimum Gasteiger partial charge on any atom is -0.459 e. The number of carbonyl (C=O) groups is 2. The average Bonchev–Trinajstić information content (AvgIpc) is 2.56. The number of nitrogens with zero attached hydrogens (tertiary/aromatic N) is 2. The number of carbonyl (C=O) groups excluding carboxylic acids is 2. The van der Waals surface area contributed by atoms with Crippen molar-refractivity contribution < 1.29 is 19.2 Å². The van der Waals surface area contributed by atoms with Gasteiger partial charge in [0.05, 0.1) is 11.5 Å². The summed E-state index contributed by atoms with van der Waals surface area (Å²) in [5, 5.41) is 14.3. The quantitative estimate of drug-likeness (QED) is 0.389. The first-order chi connectivity index (χ1) is 11.1. The molecule has 0 spiro atoms. The average molecular weight is 319 g/mol. The van der Waals surface area contributed by atoms with Crippen LogP contribution in [-0.2, 0) is 14.3 Å². The molecule has 8 heteroatoms. The van der Waals surface area contributed by atoms with E-state index in [0.717, 1.165) is 4.90 Å². The molecular weight excluding hydrogens is 302 g/mol. The third-order valence-electron chi connectivity index (χ3n) is 3.30. The second-order valence-electron chi connectivity index (χ2n) is 4.76. The third kappa shape index (κ3) is 3.72. The summed E-state index contributed by atoms with van der Waals surface area (Å²) in [6.07, 6.45) is 2.20. The van der Waals surface area contributed by atoms with Crippen molar-refractivity contribution in [1.82, 2.24) is 5.32 Å². The molecule has 122 valence electrons. The van der Waals surface area contributed by atoms with Crippen LogP contribution in [0.25, 0.3) is 0 Å². The van der Waals surface area contributed by atoms with Crippen LogP contribution in [0.15, 0.2) is 36.0 Å². The lowest BCUT2D eigenvalue weighted by Crippen LogP contribution is -2.40. The molecule has 1 heterocycles. The molecule has 2 rings (SSSR count). The zero-order valence-electron chi connectivity index (χ0n) is 12.7. The summed E-state index contributed by atoms with van der Waals surface area (Å²) in [7, 11) is 0. The number of nitrogens with one attached hydrogen (secondary N) is 1. The molecule has 0 atom stereocenters. The van der Waals surface area contributed by atoms with Gasteiger partial charge in [0.25, 0.3) is 5.69 Å². The van der Waals surface area contributed by atoms with Crippen LogP contribution in [0.3, 0.4) is 0 Å². The summed E-state index contributed by atoms with van der Waals surface area (Å²) in [6.45, 7) is 2.77. The molecule has 0 aliphatic carbocycles. The zero-order valence-corrected chi connectivity index (χ0v) is 12.7. The fraction of sp³-hybridized carbons (Fsp3) is 0.333. The Labute approximate surface area is 132 Å². The molecule has 1 aromatic rings. The minimum atomic E-state index is -1.04. The van der Waals surface area contributed by atoms with Gasteiger partial charge in [-0.1, -0.05) is 18.2 Å². The molecule has 1 amide bonds. The molecule has 0 bridgehead atoms. The van der Waals surface area contributed by atoms with Crippen molar-refractivity contribution in [3.8, 4) is 0 Å². The fourth-order valence-electron chi connectivity index (χ4n) is 2.30. The minimum absolute atomic E-state index is 0.0515. The van der Waals surface area contributed by atoms with Crippen LogP contribution in [0.4, 0.5) is 11.4 Å². The van der Waals surface area contributed by atoms with E-state index in [2.05, 4.69) is 5.32 Å². The van der Waals surface area contributed by atoms with Crippen LogP contribution >= 0.6 is 0 Å². The fourth-order valence-corrected chi connectivity index (χ4v) is 2.30. The molecule has 1 aliphatic heterocycles. The largest absolute Gasteiger partial charge is 0.459 e. The van der Waals surface area contributed by atoms with Gasteiger partial charge in [0.15, 0.2) is 0 Å². The van der Waals surface area contributed by atoms with E-state index in [1.165, 1.54) is 18.2 Å². The van der Waals surface area contributed by atoms with Crippen molar-refractivity contribution in [2.75, 3.05) is 24.6 Å². The van der Waals surface area contributed by atoms with Gasteiger partial charge in [0.2, 0.25) is 0 Å². The van der Waals surface area contributed by atoms with Gasteiger partial charge in [-0.15, -0.1) is 0 Å². The molecule has 1 aromatic carbocycles. The highest BCUT2D eigenvalue weighted by atomic mass is 16.6. The van der Waals surface area contributed by atoms with E-state index in [1.54, 1.807) is 19.1 Å². The molecule has 1 N–H and O–H groups in total. The van der Waals surface area contributed by atoms with Gasteiger partial charge < -0.3 is 10.1 Å². The molecule has 0 aromatic heterocycles. The number of benzene rings is 1. The molecule has 0 radical (unpaired) electrons. The van der Waals surface area contributed by atoms with Crippen molar-refractivity contribution in [3.63, 3.8) is 0 Å². The highest BCUT2D eigenvalue weighted by molar-refractivity contribution is 6.39. The maximum absolute atomic E-state index is 12.5. The molecule has 1 aliphatic rings. The van der Waals surface area contributed by atoms with Gasteiger partial charge in [-0.3, -0.25) is 19.8 Å². The molecular formula is C15H17N3O5. The number of rotatable bonds is 4. The Morgan fingerprint density at radius 1 is 1.39 bits per heavy atom. The molecule has 0 saturated carbocycles. The zero-order chi connectivity index (χ0) is 16.8. The number of hydrogen-bond acceptors (Lipinski definition) is 6. The number of hydrogen-bond donors (Lipinski definition) is 1. The predicted octanol–water partition coefficient (Wildman–Crippen LogP) is 1.37. The Bertz CT molecular complexity index is 656. The van der Waals surface area contributed by atoms with Crippen LogP contribution in [0.1, 0.15) is 13.3 Å². The number of amides is 1. The second-order valence-corrected chi connectivity index (χ2v) is 4.76. The van der Waals surface area contributed by atoms with E-state index in [1.807, 2.05) is 0 Å². The standard InChI is InChI=1S/C15H17N3O5/c1-2-23-15(20)14(19)17(11-7-9-16-10-8-11)12-5-3-4-6-13(12)18(21)22/h3-7,16H,2,8-10H2,1H3. The number of nitro benzene ring substituents is 1. The summed E-state index contributed by atoms with van der Waals surface area (Å²) in [6, 6.07) is 5.82. The monoisotopic (exact) mass is 319 g/mol. The Morgan fingerprint density at radius 2 is 2.13 bits per heavy atom. The van der Waals surface area contributed by atoms with Crippen LogP contribution < -0.4 is 10.2 Å². The van der Waals surface area contributed by atoms with Crippen LogP contribution in [0.5, 0.6) is 0 Å². The maximum Gasteiger partial charge on any atom is 0.397 e. The Morgan fingerprint density at radius 3 is 2.74 bits per heavy atom. The number of para-hydroxylation sites is 2. The van der Waals surface area contributed by atoms with E-state index in [-0.39, 0.29) is 18.0 Å². The van der Waals surface area contributed by atoms with Crippen molar-refractivity contribution in [1.29, 1.82) is 0 Å². The van der Waals surface area contributed by atoms with Gasteiger partial charge in [0.1, 0.15) is 5.69 Å². The van der Waals surface area contributed by atoms with E-state index in [0.29, 0.717) is 25.2 Å². The molecule has 23 heavy (non-hydrogen) atoms. The van der Waals surface area contributed by atoms with Crippen molar-refractivity contribution in [2.24, 2.45) is 0 Å². The topological polar surface area (TPSA) is 102 Å². The van der Waals surface area contributed by atoms with E-state index < -0.39 is 16.8 Å². The van der Waals surface area contributed by atoms with E-state index in [9.17, 15) is 19.7 Å². The summed E-state index contributed by atoms with van der Waals surface area (Å²) >= 11 is 0. The summed E-state index contributed by atoms with van der Waals surface area (Å²) in [5.41, 5.74) is 0.351. The highest BCUT2D eigenvalue weighted by Gasteiger charge is 2.32. The lowest BCUT2D eigenvalue weighted by Gasteiger charge is -2.26. The lowest BCUT2D eigenvalue weighted by atomic mass is 10.1. The number of nitro groups is 1. The van der Waals surface area contributed by atoms with Gasteiger partial charge in [0, 0.05) is 31.3 Å². The summed E-state index contributed by atoms with van der Waals surface area (Å²) in [4.78, 5) is 36.1. The van der Waals surface area contributed by atoms with Crippen LogP contribution in [0.2, 0.25) is 0 Å². The first-order valence-corrected chi connectivity index (χ1v) is 7.20. The van der Waals surface area contributed by atoms with Crippen LogP contribution in [0, 0.1) is 10.1 Å². The van der Waals surface area contributed by atoms with Gasteiger partial charge in [-0.05, 0) is 13.0 Å². The Hall–Kier alpha value is -2.74. The summed E-state index contributed by atoms with van der Waals surface area (Å²) in [5.74, 6) is -1.97. The van der Waals surface area contributed by atoms with E-state index in [4.69, 9.17) is 4.74 Å². The molecule has 8 nitrogen and oxygen atoms in total. The van der Waals surface area contributed by atoms with Gasteiger partial charge >= 0.3 is 11.9 Å². The first kappa shape index (κ1) is 16.6. The van der Waals surface area contributed by atoms with Crippen molar-refractivity contribution >= 4 is 23.3 Å². The molecule has 0 fully saturated rings. The third-order valence-corrected chi connectivity index (χ3v) is 3.30. The number of ether oxygens (including phenoxy) is 1. The van der Waals surface area contributed by atoms with Gasteiger partial charge in [-0.2, -0.15) is 0 Å². The van der Waals surface area contributed by atoms with Gasteiger partial charge in [-0.25, -0.2) is 4.79 Å². The number of anilines is 1. The Kier molecular flexibility index (Phi) is 5.42. The molecule has 0 saturated heterocycles.